The number of anilines is 1. The molecule has 0 radical (unpaired) electrons. The molecule has 4 heteroatoms. The van der Waals surface area contributed by atoms with E-state index >= 15 is 0 Å². The lowest BCUT2D eigenvalue weighted by Crippen LogP contribution is -2.29. The molecule has 0 unspecified atom stereocenters. The minimum Gasteiger partial charge on any atom is -0.456 e. The molecule has 1 N–H and O–H groups in total. The summed E-state index contributed by atoms with van der Waals surface area (Å²) in [6.07, 6.45) is 0. The van der Waals surface area contributed by atoms with E-state index in [0.29, 0.717) is 0 Å². The third-order valence-electron chi connectivity index (χ3n) is 6.60. The second kappa shape index (κ2) is 10.2. The standard InChI is InChI=1S/C29H36N3O/c1-6-31(7-2)22-14-16-25-27(18-22)33-28-19-23(32(8-3)9-4)15-17-26(28)29(25)24-13-11-10-12-21(24)20-30-5/h10-19,30H,6-9,20H2,1-5H3/q+1. The van der Waals surface area contributed by atoms with Crippen molar-refractivity contribution in [2.75, 3.05) is 38.1 Å². The highest BCUT2D eigenvalue weighted by Gasteiger charge is 2.20. The van der Waals surface area contributed by atoms with Crippen molar-refractivity contribution in [3.63, 3.8) is 0 Å². The van der Waals surface area contributed by atoms with Crippen molar-refractivity contribution in [2.24, 2.45) is 0 Å². The van der Waals surface area contributed by atoms with Crippen LogP contribution in [-0.4, -0.2) is 33.2 Å². The third kappa shape index (κ3) is 4.40. The van der Waals surface area contributed by atoms with E-state index in [0.717, 1.165) is 55.0 Å². The molecule has 1 aliphatic carbocycles. The van der Waals surface area contributed by atoms with Crippen LogP contribution in [0, 0.1) is 0 Å². The van der Waals surface area contributed by atoms with E-state index in [9.17, 15) is 0 Å². The monoisotopic (exact) mass is 442 g/mol. The highest BCUT2D eigenvalue weighted by molar-refractivity contribution is 6.03. The van der Waals surface area contributed by atoms with Crippen molar-refractivity contribution in [3.05, 3.63) is 71.6 Å². The average molecular weight is 443 g/mol. The zero-order valence-electron chi connectivity index (χ0n) is 20.6. The lowest BCUT2D eigenvalue weighted by molar-refractivity contribution is 0.604. The summed E-state index contributed by atoms with van der Waals surface area (Å²) < 4.78 is 8.96. The molecule has 0 bridgehead atoms. The fraction of sp³-hybridized carbons (Fsp3) is 0.345. The van der Waals surface area contributed by atoms with Gasteiger partial charge in [-0.2, -0.15) is 0 Å². The van der Waals surface area contributed by atoms with Crippen molar-refractivity contribution < 1.29 is 4.42 Å². The molecule has 1 heterocycles. The Morgan fingerprint density at radius 2 is 1.61 bits per heavy atom. The largest absolute Gasteiger partial charge is 0.456 e. The second-order valence-electron chi connectivity index (χ2n) is 8.37. The van der Waals surface area contributed by atoms with Crippen LogP contribution in [-0.2, 0) is 6.54 Å². The molecule has 2 aliphatic rings. The molecule has 2 aromatic carbocycles. The van der Waals surface area contributed by atoms with Gasteiger partial charge >= 0.3 is 0 Å². The van der Waals surface area contributed by atoms with Crippen LogP contribution in [0.1, 0.15) is 33.3 Å². The zero-order valence-corrected chi connectivity index (χ0v) is 20.6. The predicted octanol–water partition coefficient (Wildman–Crippen LogP) is 5.58. The third-order valence-corrected chi connectivity index (χ3v) is 6.60. The molecule has 4 nitrogen and oxygen atoms in total. The first-order valence-electron chi connectivity index (χ1n) is 12.2. The number of hydrogen-bond acceptors (Lipinski definition) is 3. The van der Waals surface area contributed by atoms with Gasteiger partial charge in [0.15, 0.2) is 0 Å². The van der Waals surface area contributed by atoms with Gasteiger partial charge in [0.05, 0.1) is 6.07 Å². The fourth-order valence-electron chi connectivity index (χ4n) is 4.84. The molecule has 0 saturated carbocycles. The van der Waals surface area contributed by atoms with Crippen LogP contribution in [0.4, 0.5) is 5.69 Å². The van der Waals surface area contributed by atoms with Gasteiger partial charge < -0.3 is 14.6 Å². The summed E-state index contributed by atoms with van der Waals surface area (Å²) in [7, 11) is 2.00. The number of rotatable bonds is 8. The Balaban J connectivity index is 2.10. The van der Waals surface area contributed by atoms with E-state index in [-0.39, 0.29) is 0 Å². The smallest absolute Gasteiger partial charge is 0.203 e. The Bertz CT molecular complexity index is 1280. The molecule has 1 aliphatic heterocycles. The normalized spacial score (nSPS) is 11.3. The first-order chi connectivity index (χ1) is 16.1. The molecular formula is C29H36N3O+. The summed E-state index contributed by atoms with van der Waals surface area (Å²) in [6.45, 7) is 13.5. The van der Waals surface area contributed by atoms with E-state index in [1.165, 1.54) is 27.7 Å². The molecule has 33 heavy (non-hydrogen) atoms. The topological polar surface area (TPSA) is 31.4 Å². The molecule has 4 rings (SSSR count). The average Bonchev–Trinajstić information content (AvgIpc) is 2.84. The van der Waals surface area contributed by atoms with Crippen molar-refractivity contribution in [1.29, 1.82) is 0 Å². The molecule has 0 atom stereocenters. The summed E-state index contributed by atoms with van der Waals surface area (Å²) in [6, 6.07) is 22.0. The minimum absolute atomic E-state index is 0.820. The zero-order chi connectivity index (χ0) is 23.4. The van der Waals surface area contributed by atoms with Crippen molar-refractivity contribution in [1.82, 2.24) is 9.89 Å². The summed E-state index contributed by atoms with van der Waals surface area (Å²) in [5.74, 6) is 0.929. The van der Waals surface area contributed by atoms with Gasteiger partial charge in [-0.05, 0) is 64.1 Å². The Morgan fingerprint density at radius 3 is 2.30 bits per heavy atom. The Labute approximate surface area is 197 Å². The van der Waals surface area contributed by atoms with Crippen LogP contribution in [0.2, 0.25) is 0 Å². The van der Waals surface area contributed by atoms with Gasteiger partial charge in [0.2, 0.25) is 5.36 Å². The van der Waals surface area contributed by atoms with Crippen molar-refractivity contribution in [2.45, 2.75) is 34.2 Å². The van der Waals surface area contributed by atoms with Crippen LogP contribution < -0.4 is 20.1 Å². The molecule has 0 amide bonds. The molecule has 2 aromatic rings. The number of hydrogen-bond donors (Lipinski definition) is 1. The van der Waals surface area contributed by atoms with E-state index in [1.807, 2.05) is 7.05 Å². The van der Waals surface area contributed by atoms with E-state index in [4.69, 9.17) is 4.42 Å². The number of nitrogens with one attached hydrogen (secondary N) is 1. The lowest BCUT2D eigenvalue weighted by Gasteiger charge is -2.23. The van der Waals surface area contributed by atoms with Crippen LogP contribution in [0.25, 0.3) is 33.4 Å². The van der Waals surface area contributed by atoms with Gasteiger partial charge in [-0.1, -0.05) is 24.3 Å². The quantitative estimate of drug-likeness (QED) is 0.285. The van der Waals surface area contributed by atoms with Gasteiger partial charge in [0, 0.05) is 54.0 Å². The fourth-order valence-corrected chi connectivity index (χ4v) is 4.84. The molecule has 0 fully saturated rings. The van der Waals surface area contributed by atoms with Gasteiger partial charge in [0.1, 0.15) is 24.4 Å². The molecule has 0 aromatic heterocycles. The van der Waals surface area contributed by atoms with E-state index in [1.54, 1.807) is 0 Å². The Hall–Kier alpha value is -3.11. The lowest BCUT2D eigenvalue weighted by atomic mass is 9.90. The highest BCUT2D eigenvalue weighted by atomic mass is 16.3. The molecule has 172 valence electrons. The summed E-state index contributed by atoms with van der Waals surface area (Å²) >= 11 is 0. The predicted molar refractivity (Wildman–Crippen MR) is 141 cm³/mol. The van der Waals surface area contributed by atoms with Crippen LogP contribution in [0.15, 0.2) is 65.1 Å². The maximum atomic E-state index is 6.60. The van der Waals surface area contributed by atoms with Gasteiger partial charge in [-0.3, -0.25) is 0 Å². The molecule has 0 saturated heterocycles. The van der Waals surface area contributed by atoms with Crippen LogP contribution >= 0.6 is 0 Å². The number of nitrogens with zero attached hydrogens (tertiary/aromatic N) is 2. The van der Waals surface area contributed by atoms with Crippen LogP contribution in [0.5, 0.6) is 0 Å². The second-order valence-corrected chi connectivity index (χ2v) is 8.37. The van der Waals surface area contributed by atoms with Gasteiger partial charge in [-0.15, -0.1) is 0 Å². The summed E-state index contributed by atoms with van der Waals surface area (Å²) in [4.78, 5) is 2.36. The minimum atomic E-state index is 0.820. The van der Waals surface area contributed by atoms with Gasteiger partial charge in [0.25, 0.3) is 0 Å². The van der Waals surface area contributed by atoms with Crippen molar-refractivity contribution in [3.8, 4) is 22.5 Å². The maximum Gasteiger partial charge on any atom is 0.203 e. The SMILES string of the molecule is CCN(CC)c1ccc2c(-c3ccccc3CNC)c3ccc(=[N+](CC)CC)cc-3oc2c1. The first kappa shape index (κ1) is 23.1. The molecular weight excluding hydrogens is 406 g/mol. The van der Waals surface area contributed by atoms with Crippen LogP contribution in [0.3, 0.4) is 0 Å². The van der Waals surface area contributed by atoms with E-state index < -0.39 is 0 Å². The van der Waals surface area contributed by atoms with E-state index in [2.05, 4.69) is 103 Å². The maximum absolute atomic E-state index is 6.60. The number of benzene rings is 3. The summed E-state index contributed by atoms with van der Waals surface area (Å²) in [5.41, 5.74) is 7.06. The first-order valence-corrected chi connectivity index (χ1v) is 12.2. The van der Waals surface area contributed by atoms with Gasteiger partial charge in [-0.25, -0.2) is 4.58 Å². The summed E-state index contributed by atoms with van der Waals surface area (Å²) in [5, 5.41) is 5.68. The van der Waals surface area contributed by atoms with Crippen molar-refractivity contribution >= 4 is 16.7 Å². The number of fused-ring (bicyclic) bond motifs is 2. The Morgan fingerprint density at radius 1 is 0.848 bits per heavy atom. The molecule has 0 spiro atoms. The Kier molecular flexibility index (Phi) is 7.14. The highest BCUT2D eigenvalue weighted by Crippen LogP contribution is 2.41.